The third-order valence-electron chi connectivity index (χ3n) is 15.8. The van der Waals surface area contributed by atoms with Crippen molar-refractivity contribution in [2.45, 2.75) is 171 Å². The number of thioether (sulfide) groups is 1. The Morgan fingerprint density at radius 3 is 2.39 bits per heavy atom. The van der Waals surface area contributed by atoms with Gasteiger partial charge in [-0.1, -0.05) is 149 Å². The van der Waals surface area contributed by atoms with E-state index in [2.05, 4.69) is 103 Å². The van der Waals surface area contributed by atoms with E-state index in [4.69, 9.17) is 28.9 Å². The van der Waals surface area contributed by atoms with Gasteiger partial charge in [-0.15, -0.1) is 18.3 Å². The topological polar surface area (TPSA) is 119 Å². The van der Waals surface area contributed by atoms with Gasteiger partial charge in [0.05, 0.1) is 31.5 Å². The number of aliphatic hydroxyl groups excluding tert-OH is 2. The van der Waals surface area contributed by atoms with E-state index in [0.717, 1.165) is 115 Å². The molecule has 1 unspecified atom stereocenters. The Labute approximate surface area is 446 Å². The number of fused-ring (bicyclic) bond motifs is 3. The SMILES string of the molecule is C=CCO[C@@]12Oc3ccc(OCCSc4ccccc4)cc3[C@H]3[C@H](CCCCO)[C@@H](CCCCO)C=C(C(=NOC4CCCCO4)C[C@@H]1N(Cc1cccc4ccccc14)C(=O)CCCCCCCCCCC)[C@H]32. The second-order valence-electron chi connectivity index (χ2n) is 20.9. The number of oxime groups is 1. The van der Waals surface area contributed by atoms with Crippen LogP contribution in [-0.4, -0.2) is 83.6 Å². The molecular weight excluding hydrogens is 945 g/mol. The first-order chi connectivity index (χ1) is 36.5. The van der Waals surface area contributed by atoms with Crippen LogP contribution >= 0.6 is 11.8 Å². The Balaban J connectivity index is 1.25. The number of rotatable bonds is 31. The van der Waals surface area contributed by atoms with Crippen molar-refractivity contribution >= 4 is 34.2 Å². The number of hydrogen-bond acceptors (Lipinski definition) is 10. The highest BCUT2D eigenvalue weighted by molar-refractivity contribution is 7.99. The van der Waals surface area contributed by atoms with Crippen molar-refractivity contribution in [3.05, 3.63) is 126 Å². The van der Waals surface area contributed by atoms with Crippen LogP contribution in [0.3, 0.4) is 0 Å². The van der Waals surface area contributed by atoms with Gasteiger partial charge in [0, 0.05) is 61.2 Å². The molecule has 10 nitrogen and oxygen atoms in total. The number of aliphatic hydroxyl groups is 2. The summed E-state index contributed by atoms with van der Waals surface area (Å²) in [6, 6.07) is 30.8. The minimum Gasteiger partial charge on any atom is -0.493 e. The third-order valence-corrected chi connectivity index (χ3v) is 16.8. The first kappa shape index (κ1) is 55.6. The van der Waals surface area contributed by atoms with E-state index in [1.54, 1.807) is 17.8 Å². The molecule has 1 amide bonds. The molecule has 2 aliphatic heterocycles. The van der Waals surface area contributed by atoms with E-state index in [1.165, 1.54) is 43.4 Å². The maximum absolute atomic E-state index is 15.6. The average molecular weight is 1030 g/mol. The smallest absolute Gasteiger partial charge is 0.239 e. The van der Waals surface area contributed by atoms with Gasteiger partial charge in [-0.25, -0.2) is 0 Å². The van der Waals surface area contributed by atoms with Crippen LogP contribution in [0.5, 0.6) is 11.5 Å². The second-order valence-corrected chi connectivity index (χ2v) is 22.1. The van der Waals surface area contributed by atoms with Gasteiger partial charge in [0.2, 0.25) is 18.0 Å². The van der Waals surface area contributed by atoms with Gasteiger partial charge in [-0.3, -0.25) is 4.79 Å². The lowest BCUT2D eigenvalue weighted by atomic mass is 9.55. The molecule has 2 fully saturated rings. The highest BCUT2D eigenvalue weighted by Gasteiger charge is 2.65. The molecule has 2 N–H and O–H groups in total. The number of amides is 1. The van der Waals surface area contributed by atoms with Crippen molar-refractivity contribution in [2.75, 3.05) is 38.8 Å². The molecule has 4 aromatic carbocycles. The quantitative estimate of drug-likeness (QED) is 0.0220. The zero-order chi connectivity index (χ0) is 51.4. The van der Waals surface area contributed by atoms with Crippen molar-refractivity contribution in [2.24, 2.45) is 22.9 Å². The molecule has 1 saturated carbocycles. The number of hydrogen-bond donors (Lipinski definition) is 2. The maximum atomic E-state index is 15.6. The van der Waals surface area contributed by atoms with Crippen molar-refractivity contribution in [3.8, 4) is 11.5 Å². The van der Waals surface area contributed by atoms with Crippen molar-refractivity contribution in [1.29, 1.82) is 0 Å². The van der Waals surface area contributed by atoms with Crippen LogP contribution in [0.25, 0.3) is 10.8 Å². The molecule has 0 spiro atoms. The molecule has 11 heteroatoms. The highest BCUT2D eigenvalue weighted by atomic mass is 32.2. The zero-order valence-corrected chi connectivity index (χ0v) is 45.0. The van der Waals surface area contributed by atoms with Crippen LogP contribution in [0.2, 0.25) is 0 Å². The summed E-state index contributed by atoms with van der Waals surface area (Å²) >= 11 is 1.77. The summed E-state index contributed by atoms with van der Waals surface area (Å²) in [4.78, 5) is 25.4. The molecule has 0 radical (unpaired) electrons. The average Bonchev–Trinajstić information content (AvgIpc) is 3.46. The summed E-state index contributed by atoms with van der Waals surface area (Å²) in [6.07, 6.45) is 22.5. The molecule has 4 aliphatic rings. The summed E-state index contributed by atoms with van der Waals surface area (Å²) in [6.45, 7) is 8.38. The molecule has 400 valence electrons. The summed E-state index contributed by atoms with van der Waals surface area (Å²) in [5.41, 5.74) is 3.91. The molecule has 74 heavy (non-hydrogen) atoms. The lowest BCUT2D eigenvalue weighted by Crippen LogP contribution is -2.70. The number of ether oxygens (including phenoxy) is 4. The van der Waals surface area contributed by atoms with Crippen LogP contribution in [0.15, 0.2) is 125 Å². The van der Waals surface area contributed by atoms with Crippen molar-refractivity contribution in [3.63, 3.8) is 0 Å². The molecule has 7 atom stereocenters. The third kappa shape index (κ3) is 14.2. The molecule has 2 heterocycles. The summed E-state index contributed by atoms with van der Waals surface area (Å²) in [7, 11) is 0. The minimum atomic E-state index is -1.36. The number of allylic oxidation sites excluding steroid dienone is 1. The molecule has 4 aromatic rings. The minimum absolute atomic E-state index is 0.0658. The van der Waals surface area contributed by atoms with E-state index in [9.17, 15) is 10.2 Å². The summed E-state index contributed by atoms with van der Waals surface area (Å²) < 4.78 is 27.8. The molecule has 0 bridgehead atoms. The molecule has 1 saturated heterocycles. The first-order valence-corrected chi connectivity index (χ1v) is 29.4. The van der Waals surface area contributed by atoms with Crippen molar-refractivity contribution in [1.82, 2.24) is 4.90 Å². The van der Waals surface area contributed by atoms with Crippen LogP contribution < -0.4 is 9.47 Å². The predicted molar refractivity (Wildman–Crippen MR) is 299 cm³/mol. The normalized spacial score (nSPS) is 23.6. The Morgan fingerprint density at radius 1 is 0.865 bits per heavy atom. The first-order valence-electron chi connectivity index (χ1n) is 28.4. The van der Waals surface area contributed by atoms with Crippen LogP contribution in [0.4, 0.5) is 0 Å². The number of benzene rings is 4. The largest absolute Gasteiger partial charge is 0.493 e. The fourth-order valence-corrected chi connectivity index (χ4v) is 13.0. The number of unbranched alkanes of at least 4 members (excludes halogenated alkanes) is 10. The van der Waals surface area contributed by atoms with Gasteiger partial charge in [0.25, 0.3) is 0 Å². The van der Waals surface area contributed by atoms with Crippen molar-refractivity contribution < 1.29 is 38.8 Å². The Kier molecular flexibility index (Phi) is 21.8. The molecule has 2 aliphatic carbocycles. The van der Waals surface area contributed by atoms with Crippen LogP contribution in [0, 0.1) is 17.8 Å². The van der Waals surface area contributed by atoms with Gasteiger partial charge >= 0.3 is 0 Å². The molecule has 8 rings (SSSR count). The fraction of sp³-hybridized carbons (Fsp3) is 0.556. The maximum Gasteiger partial charge on any atom is 0.239 e. The van der Waals surface area contributed by atoms with Gasteiger partial charge < -0.3 is 38.9 Å². The molecule has 0 aromatic heterocycles. The Hall–Kier alpha value is -4.65. The summed E-state index contributed by atoms with van der Waals surface area (Å²) in [5.74, 6) is 0.612. The second kappa shape index (κ2) is 29.0. The lowest BCUT2D eigenvalue weighted by Gasteiger charge is -2.60. The van der Waals surface area contributed by atoms with E-state index in [1.807, 2.05) is 12.1 Å². The van der Waals surface area contributed by atoms with Crippen LogP contribution in [-0.2, 0) is 25.7 Å². The van der Waals surface area contributed by atoms with E-state index >= 15 is 4.79 Å². The van der Waals surface area contributed by atoms with Gasteiger partial charge in [0.1, 0.15) is 17.5 Å². The zero-order valence-electron chi connectivity index (χ0n) is 44.2. The Morgan fingerprint density at radius 2 is 1.62 bits per heavy atom. The Bertz CT molecular complexity index is 2420. The summed E-state index contributed by atoms with van der Waals surface area (Å²) in [5, 5.41) is 27.6. The van der Waals surface area contributed by atoms with E-state index in [-0.39, 0.29) is 43.5 Å². The van der Waals surface area contributed by atoms with Gasteiger partial charge in [-0.05, 0) is 109 Å². The standard InChI is InChI=1S/C63H84N2O8S/c1-3-5-6-7-8-9-10-11-15-33-59(68)65(46-49-28-24-27-47-25-16-17-31-52(47)49)58-45-56(64-73-60-34-20-23-40-70-60)54-43-48(26-18-21-37-66)53(32-19-22-38-67)61-55-44-50(69-41-42-74-51-29-13-12-14-30-51)35-36-57(55)72-63(58,62(54)61)71-39-4-2/h4,12-14,16-17,24-25,27-31,35-36,43-44,48,53,58,60-62,66-67H,2-3,5-11,15,18-23,26,32-34,37-42,45-46H2,1H3/t48-,53+,58-,60?,61+,62+,63+/m0/s1. The predicted octanol–water partition coefficient (Wildman–Crippen LogP) is 14.1. The number of carbonyl (C=O) groups is 1. The van der Waals surface area contributed by atoms with E-state index in [0.29, 0.717) is 45.4 Å². The van der Waals surface area contributed by atoms with E-state index < -0.39 is 24.0 Å². The van der Waals surface area contributed by atoms with Crippen LogP contribution in [0.1, 0.15) is 152 Å². The number of nitrogens with zero attached hydrogens (tertiary/aromatic N) is 2. The van der Waals surface area contributed by atoms with Gasteiger partial charge in [-0.2, -0.15) is 0 Å². The fourth-order valence-electron chi connectivity index (χ4n) is 12.2. The lowest BCUT2D eigenvalue weighted by molar-refractivity contribution is -0.258. The monoisotopic (exact) mass is 1030 g/mol. The molecular formula is C63H84N2O8S. The van der Waals surface area contributed by atoms with Gasteiger partial charge in [0.15, 0.2) is 0 Å². The highest BCUT2D eigenvalue weighted by Crippen LogP contribution is 2.62. The number of carbonyl (C=O) groups excluding carboxylic acids is 1.